The number of hydrogen-bond donors (Lipinski definition) is 1. The minimum Gasteiger partial charge on any atom is -0.487 e. The number of ether oxygens (including phenoxy) is 1. The van der Waals surface area contributed by atoms with Crippen LogP contribution in [0.5, 0.6) is 5.75 Å². The Labute approximate surface area is 118 Å². The molecule has 2 rings (SSSR count). The number of halogens is 1. The fourth-order valence-corrected chi connectivity index (χ4v) is 1.98. The first-order valence-electron chi connectivity index (χ1n) is 6.14. The largest absolute Gasteiger partial charge is 0.487 e. The molecule has 100 valence electrons. The minimum atomic E-state index is 0.425. The molecule has 0 unspecified atom stereocenters. The number of hydrogen-bond acceptors (Lipinski definition) is 3. The first-order chi connectivity index (χ1) is 9.10. The van der Waals surface area contributed by atoms with Crippen LogP contribution >= 0.6 is 11.6 Å². The van der Waals surface area contributed by atoms with Crippen molar-refractivity contribution in [2.75, 3.05) is 0 Å². The lowest BCUT2D eigenvalue weighted by Gasteiger charge is -2.10. The van der Waals surface area contributed by atoms with Gasteiger partial charge in [-0.1, -0.05) is 17.7 Å². The van der Waals surface area contributed by atoms with E-state index in [9.17, 15) is 0 Å². The van der Waals surface area contributed by atoms with Crippen LogP contribution in [0.15, 0.2) is 30.3 Å². The monoisotopic (exact) mass is 276 g/mol. The van der Waals surface area contributed by atoms with Gasteiger partial charge in [-0.25, -0.2) is 0 Å². The Bertz CT molecular complexity index is 561. The Morgan fingerprint density at radius 3 is 2.42 bits per heavy atom. The molecule has 0 aliphatic carbocycles. The van der Waals surface area contributed by atoms with Gasteiger partial charge in [0.15, 0.2) is 0 Å². The molecule has 0 spiro atoms. The summed E-state index contributed by atoms with van der Waals surface area (Å²) >= 11 is 6.12. The average molecular weight is 277 g/mol. The molecule has 0 aliphatic rings. The molecule has 0 amide bonds. The average Bonchev–Trinajstić information content (AvgIpc) is 2.42. The zero-order valence-corrected chi connectivity index (χ0v) is 11.9. The van der Waals surface area contributed by atoms with Crippen molar-refractivity contribution in [2.45, 2.75) is 27.0 Å². The van der Waals surface area contributed by atoms with Gasteiger partial charge < -0.3 is 10.5 Å². The van der Waals surface area contributed by atoms with Crippen LogP contribution < -0.4 is 10.5 Å². The van der Waals surface area contributed by atoms with Crippen molar-refractivity contribution >= 4 is 11.6 Å². The highest BCUT2D eigenvalue weighted by Gasteiger charge is 2.04. The summed E-state index contributed by atoms with van der Waals surface area (Å²) in [4.78, 5) is 4.39. The smallest absolute Gasteiger partial charge is 0.130 e. The number of pyridine rings is 1. The van der Waals surface area contributed by atoms with Gasteiger partial charge in [0.1, 0.15) is 12.4 Å². The maximum absolute atomic E-state index is 6.12. The van der Waals surface area contributed by atoms with Gasteiger partial charge in [-0.15, -0.1) is 0 Å². The van der Waals surface area contributed by atoms with E-state index in [4.69, 9.17) is 22.1 Å². The normalized spacial score (nSPS) is 10.5. The fourth-order valence-electron chi connectivity index (χ4n) is 1.87. The van der Waals surface area contributed by atoms with Crippen LogP contribution in [0.2, 0.25) is 5.02 Å². The lowest BCUT2D eigenvalue weighted by atomic mass is 10.1. The molecule has 2 aromatic rings. The van der Waals surface area contributed by atoms with E-state index in [1.54, 1.807) is 0 Å². The highest BCUT2D eigenvalue weighted by atomic mass is 35.5. The van der Waals surface area contributed by atoms with Gasteiger partial charge in [0.2, 0.25) is 0 Å². The predicted octanol–water partition coefficient (Wildman–Crippen LogP) is 3.39. The highest BCUT2D eigenvalue weighted by Crippen LogP contribution is 2.26. The van der Waals surface area contributed by atoms with Crippen LogP contribution in [0, 0.1) is 13.8 Å². The SMILES string of the molecule is Cc1cc(OCc2cccc(CN)n2)cc(C)c1Cl. The molecule has 1 heterocycles. The maximum Gasteiger partial charge on any atom is 0.130 e. The Balaban J connectivity index is 2.10. The Morgan fingerprint density at radius 1 is 1.16 bits per heavy atom. The van der Waals surface area contributed by atoms with Crippen LogP contribution in [0.3, 0.4) is 0 Å². The van der Waals surface area contributed by atoms with E-state index in [0.29, 0.717) is 13.2 Å². The number of nitrogens with zero attached hydrogens (tertiary/aromatic N) is 1. The van der Waals surface area contributed by atoms with Gasteiger partial charge in [-0.2, -0.15) is 0 Å². The van der Waals surface area contributed by atoms with E-state index in [1.165, 1.54) is 0 Å². The number of aromatic nitrogens is 1. The van der Waals surface area contributed by atoms with Crippen molar-refractivity contribution in [1.82, 2.24) is 4.98 Å². The van der Waals surface area contributed by atoms with Crippen LogP contribution in [-0.2, 0) is 13.2 Å². The summed E-state index contributed by atoms with van der Waals surface area (Å²) in [7, 11) is 0. The zero-order chi connectivity index (χ0) is 13.8. The summed E-state index contributed by atoms with van der Waals surface area (Å²) in [5.74, 6) is 0.805. The Morgan fingerprint density at radius 2 is 1.79 bits per heavy atom. The van der Waals surface area contributed by atoms with Crippen LogP contribution in [0.25, 0.3) is 0 Å². The Kier molecular flexibility index (Phi) is 4.40. The standard InChI is InChI=1S/C15H17ClN2O/c1-10-6-14(7-11(2)15(10)16)19-9-13-5-3-4-12(8-17)18-13/h3-7H,8-9,17H2,1-2H3. The third-order valence-electron chi connectivity index (χ3n) is 2.87. The second kappa shape index (κ2) is 6.04. The molecule has 4 heteroatoms. The lowest BCUT2D eigenvalue weighted by Crippen LogP contribution is -2.04. The number of rotatable bonds is 4. The molecule has 0 saturated carbocycles. The molecule has 2 N–H and O–H groups in total. The maximum atomic E-state index is 6.12. The molecule has 1 aromatic heterocycles. The zero-order valence-electron chi connectivity index (χ0n) is 11.1. The minimum absolute atomic E-state index is 0.425. The van der Waals surface area contributed by atoms with Crippen molar-refractivity contribution in [3.05, 3.63) is 57.9 Å². The molecule has 0 bridgehead atoms. The quantitative estimate of drug-likeness (QED) is 0.931. The van der Waals surface area contributed by atoms with E-state index < -0.39 is 0 Å². The number of benzene rings is 1. The van der Waals surface area contributed by atoms with Crippen LogP contribution in [-0.4, -0.2) is 4.98 Å². The van der Waals surface area contributed by atoms with Gasteiger partial charge in [0, 0.05) is 11.6 Å². The third-order valence-corrected chi connectivity index (χ3v) is 3.47. The third kappa shape index (κ3) is 3.46. The fraction of sp³-hybridized carbons (Fsp3) is 0.267. The van der Waals surface area contributed by atoms with E-state index in [-0.39, 0.29) is 0 Å². The van der Waals surface area contributed by atoms with Gasteiger partial charge in [0.05, 0.1) is 11.4 Å². The predicted molar refractivity (Wildman–Crippen MR) is 77.4 cm³/mol. The second-order valence-electron chi connectivity index (χ2n) is 4.48. The molecular weight excluding hydrogens is 260 g/mol. The summed E-state index contributed by atoms with van der Waals surface area (Å²) in [6.07, 6.45) is 0. The highest BCUT2D eigenvalue weighted by molar-refractivity contribution is 6.32. The molecule has 1 aromatic carbocycles. The molecule has 0 fully saturated rings. The summed E-state index contributed by atoms with van der Waals surface area (Å²) in [6, 6.07) is 9.63. The van der Waals surface area contributed by atoms with Crippen molar-refractivity contribution in [2.24, 2.45) is 5.73 Å². The van der Waals surface area contributed by atoms with E-state index in [0.717, 1.165) is 33.3 Å². The Hall–Kier alpha value is -1.58. The number of nitrogens with two attached hydrogens (primary N) is 1. The summed E-state index contributed by atoms with van der Waals surface area (Å²) in [6.45, 7) is 4.80. The molecule has 0 saturated heterocycles. The van der Waals surface area contributed by atoms with E-state index in [2.05, 4.69) is 4.98 Å². The summed E-state index contributed by atoms with van der Waals surface area (Å²) in [5, 5.41) is 0.788. The molecular formula is C15H17ClN2O. The molecule has 19 heavy (non-hydrogen) atoms. The van der Waals surface area contributed by atoms with Crippen molar-refractivity contribution in [3.8, 4) is 5.75 Å². The molecule has 0 atom stereocenters. The molecule has 0 aliphatic heterocycles. The topological polar surface area (TPSA) is 48.1 Å². The summed E-state index contributed by atoms with van der Waals surface area (Å²) in [5.41, 5.74) is 9.33. The van der Waals surface area contributed by atoms with Gasteiger partial charge in [-0.05, 0) is 49.2 Å². The summed E-state index contributed by atoms with van der Waals surface area (Å²) < 4.78 is 5.75. The van der Waals surface area contributed by atoms with Crippen molar-refractivity contribution in [3.63, 3.8) is 0 Å². The van der Waals surface area contributed by atoms with Gasteiger partial charge in [-0.3, -0.25) is 4.98 Å². The first kappa shape index (κ1) is 13.8. The first-order valence-corrected chi connectivity index (χ1v) is 6.52. The van der Waals surface area contributed by atoms with Crippen molar-refractivity contribution < 1.29 is 4.74 Å². The van der Waals surface area contributed by atoms with Crippen molar-refractivity contribution in [1.29, 1.82) is 0 Å². The lowest BCUT2D eigenvalue weighted by molar-refractivity contribution is 0.300. The van der Waals surface area contributed by atoms with E-state index >= 15 is 0 Å². The number of aryl methyl sites for hydroxylation is 2. The molecule has 3 nitrogen and oxygen atoms in total. The van der Waals surface area contributed by atoms with Gasteiger partial charge >= 0.3 is 0 Å². The second-order valence-corrected chi connectivity index (χ2v) is 4.86. The van der Waals surface area contributed by atoms with Gasteiger partial charge in [0.25, 0.3) is 0 Å². The van der Waals surface area contributed by atoms with Crippen LogP contribution in [0.1, 0.15) is 22.5 Å². The van der Waals surface area contributed by atoms with E-state index in [1.807, 2.05) is 44.2 Å². The van der Waals surface area contributed by atoms with Crippen LogP contribution in [0.4, 0.5) is 0 Å². The molecule has 0 radical (unpaired) electrons.